The Bertz CT molecular complexity index is 1080. The first kappa shape index (κ1) is 28.7. The zero-order valence-corrected chi connectivity index (χ0v) is 23.0. The monoisotopic (exact) mass is 566 g/mol. The van der Waals surface area contributed by atoms with Crippen LogP contribution in [0.2, 0.25) is 0 Å². The molecule has 4 saturated carbocycles. The lowest BCUT2D eigenvalue weighted by Crippen LogP contribution is -2.71. The van der Waals surface area contributed by atoms with Crippen molar-refractivity contribution < 1.29 is 54.4 Å². The van der Waals surface area contributed by atoms with Crippen LogP contribution in [-0.2, 0) is 23.8 Å². The van der Waals surface area contributed by atoms with Crippen molar-refractivity contribution in [3.63, 3.8) is 0 Å². The summed E-state index contributed by atoms with van der Waals surface area (Å²) in [7, 11) is 0. The number of aliphatic hydroxyl groups is 6. The second-order valence-electron chi connectivity index (χ2n) is 13.5. The molecule has 0 amide bonds. The molecule has 40 heavy (non-hydrogen) atoms. The number of aliphatic hydroxyl groups excluding tert-OH is 4. The molecule has 0 aromatic rings. The molecule has 5 fully saturated rings. The molecule has 0 aromatic heterocycles. The Kier molecular flexibility index (Phi) is 6.83. The molecule has 0 radical (unpaired) electrons. The number of ether oxygens (including phenoxy) is 3. The van der Waals surface area contributed by atoms with Gasteiger partial charge in [-0.3, -0.25) is 0 Å². The van der Waals surface area contributed by atoms with Gasteiger partial charge >= 0.3 is 5.97 Å². The van der Waals surface area contributed by atoms with Crippen molar-refractivity contribution in [3.05, 3.63) is 11.6 Å². The van der Waals surface area contributed by atoms with Crippen LogP contribution in [0.15, 0.2) is 11.6 Å². The molecule has 11 heteroatoms. The fourth-order valence-electron chi connectivity index (χ4n) is 9.74. The summed E-state index contributed by atoms with van der Waals surface area (Å²) in [4.78, 5) is 24.8. The first-order valence-corrected chi connectivity index (χ1v) is 14.6. The molecule has 0 spiro atoms. The van der Waals surface area contributed by atoms with Gasteiger partial charge in [0, 0.05) is 17.9 Å². The molecule has 2 heterocycles. The van der Waals surface area contributed by atoms with E-state index in [4.69, 9.17) is 14.2 Å². The molecule has 0 bridgehead atoms. The van der Waals surface area contributed by atoms with Crippen LogP contribution < -0.4 is 0 Å². The van der Waals surface area contributed by atoms with E-state index in [9.17, 15) is 40.2 Å². The Morgan fingerprint density at radius 1 is 1.00 bits per heavy atom. The molecule has 224 valence electrons. The van der Waals surface area contributed by atoms with Gasteiger partial charge < -0.3 is 49.6 Å². The number of esters is 1. The number of rotatable bonds is 4. The Morgan fingerprint density at radius 3 is 2.42 bits per heavy atom. The Morgan fingerprint density at radius 2 is 1.75 bits per heavy atom. The minimum Gasteiger partial charge on any atom is -0.458 e. The van der Waals surface area contributed by atoms with E-state index >= 15 is 0 Å². The molecule has 11 nitrogen and oxygen atoms in total. The minimum absolute atomic E-state index is 0.0926. The third kappa shape index (κ3) is 3.71. The van der Waals surface area contributed by atoms with Crippen LogP contribution in [0.25, 0.3) is 0 Å². The van der Waals surface area contributed by atoms with E-state index in [1.807, 2.05) is 6.92 Å². The van der Waals surface area contributed by atoms with Gasteiger partial charge in [0.25, 0.3) is 0 Å². The summed E-state index contributed by atoms with van der Waals surface area (Å²) < 4.78 is 16.8. The topological polar surface area (TPSA) is 183 Å². The van der Waals surface area contributed by atoms with Crippen molar-refractivity contribution >= 4 is 12.3 Å². The molecule has 4 aliphatic carbocycles. The largest absolute Gasteiger partial charge is 0.458 e. The number of hydrogen-bond acceptors (Lipinski definition) is 11. The van der Waals surface area contributed by atoms with E-state index in [1.165, 1.54) is 6.08 Å². The lowest BCUT2D eigenvalue weighted by molar-refractivity contribution is -0.319. The van der Waals surface area contributed by atoms with Crippen LogP contribution in [0.4, 0.5) is 0 Å². The molecule has 0 unspecified atom stereocenters. The SMILES string of the molecule is C[C@H]1O[C@@H](O[C@@H]2CC[C@]3(C=O)[C@@H]4C[C@@H](O)[C@]5(C)[C@@H](C6=CC(=O)OC6)CC[C@]5(O)[C@H]4CC[C@]3(O)C2)[C@H](O)[C@H](O)[C@@H]1O. The highest BCUT2D eigenvalue weighted by atomic mass is 16.7. The van der Waals surface area contributed by atoms with Gasteiger partial charge in [0.05, 0.1) is 34.9 Å². The highest BCUT2D eigenvalue weighted by molar-refractivity contribution is 5.85. The maximum Gasteiger partial charge on any atom is 0.331 e. The maximum absolute atomic E-state index is 13.0. The average molecular weight is 567 g/mol. The van der Waals surface area contributed by atoms with E-state index in [2.05, 4.69) is 0 Å². The van der Waals surface area contributed by atoms with E-state index < -0.39 is 76.8 Å². The van der Waals surface area contributed by atoms with Gasteiger partial charge in [-0.2, -0.15) is 0 Å². The molecule has 1 saturated heterocycles. The zero-order valence-electron chi connectivity index (χ0n) is 23.0. The van der Waals surface area contributed by atoms with E-state index in [1.54, 1.807) is 6.92 Å². The van der Waals surface area contributed by atoms with Gasteiger partial charge in [-0.15, -0.1) is 0 Å². The second-order valence-corrected chi connectivity index (χ2v) is 13.5. The standard InChI is InChI=1S/C29H42O11/c1-14-22(33)23(34)24(35)25(39-14)40-16-3-6-27(13-30)19-10-20(31)26(2)17(15-9-21(32)38-12-15)5-8-29(26,37)18(19)4-7-28(27,36)11-16/h9,13-14,16-20,22-25,31,33-37H,3-8,10-12H2,1-2H3/t14-,16-,17-,18+,19-,20-,22-,23-,24-,25+,26+,27+,28+,29+/m1/s1. The normalized spacial score (nSPS) is 56.0. The third-order valence-electron chi connectivity index (χ3n) is 12.1. The smallest absolute Gasteiger partial charge is 0.331 e. The van der Waals surface area contributed by atoms with Gasteiger partial charge in [-0.05, 0) is 75.2 Å². The van der Waals surface area contributed by atoms with Crippen molar-refractivity contribution in [2.45, 2.75) is 119 Å². The fraction of sp³-hybridized carbons (Fsp3) is 0.862. The van der Waals surface area contributed by atoms with Crippen molar-refractivity contribution in [3.8, 4) is 0 Å². The molecule has 2 aliphatic heterocycles. The summed E-state index contributed by atoms with van der Waals surface area (Å²) in [6.07, 6.45) is -2.70. The summed E-state index contributed by atoms with van der Waals surface area (Å²) in [6.45, 7) is 3.61. The third-order valence-corrected chi connectivity index (χ3v) is 12.1. The summed E-state index contributed by atoms with van der Waals surface area (Å²) in [5.41, 5.74) is -4.09. The van der Waals surface area contributed by atoms with E-state index in [-0.39, 0.29) is 44.1 Å². The van der Waals surface area contributed by atoms with Gasteiger partial charge in [-0.1, -0.05) is 6.92 Å². The second kappa shape index (κ2) is 9.54. The molecular formula is C29H42O11. The number of carbonyl (C=O) groups is 2. The van der Waals surface area contributed by atoms with Crippen molar-refractivity contribution in [1.82, 2.24) is 0 Å². The van der Waals surface area contributed by atoms with E-state index in [0.29, 0.717) is 25.7 Å². The minimum atomic E-state index is -1.47. The highest BCUT2D eigenvalue weighted by Crippen LogP contribution is 2.70. The van der Waals surface area contributed by atoms with Crippen molar-refractivity contribution in [2.24, 2.45) is 28.6 Å². The molecule has 6 rings (SSSR count). The van der Waals surface area contributed by atoms with Gasteiger partial charge in [0.2, 0.25) is 0 Å². The van der Waals surface area contributed by atoms with Crippen molar-refractivity contribution in [1.29, 1.82) is 0 Å². The van der Waals surface area contributed by atoms with Crippen molar-refractivity contribution in [2.75, 3.05) is 6.61 Å². The molecule has 14 atom stereocenters. The number of carbonyl (C=O) groups excluding carboxylic acids is 2. The van der Waals surface area contributed by atoms with Crippen LogP contribution in [-0.4, -0.2) is 104 Å². The number of aldehydes is 1. The van der Waals surface area contributed by atoms with Crippen LogP contribution in [0.1, 0.15) is 65.2 Å². The van der Waals surface area contributed by atoms with Crippen LogP contribution >= 0.6 is 0 Å². The Labute approximate surface area is 233 Å². The lowest BCUT2D eigenvalue weighted by Gasteiger charge is -2.66. The van der Waals surface area contributed by atoms with Gasteiger partial charge in [0.15, 0.2) is 6.29 Å². The summed E-state index contributed by atoms with van der Waals surface area (Å²) in [6, 6.07) is 0. The molecule has 6 N–H and O–H groups in total. The van der Waals surface area contributed by atoms with E-state index in [0.717, 1.165) is 11.9 Å². The Hall–Kier alpha value is -1.44. The number of hydrogen-bond donors (Lipinski definition) is 6. The van der Waals surface area contributed by atoms with Gasteiger partial charge in [0.1, 0.15) is 31.2 Å². The van der Waals surface area contributed by atoms with Crippen LogP contribution in [0.5, 0.6) is 0 Å². The molecular weight excluding hydrogens is 524 g/mol. The number of cyclic esters (lactones) is 1. The zero-order chi connectivity index (χ0) is 28.8. The van der Waals surface area contributed by atoms with Gasteiger partial charge in [-0.25, -0.2) is 4.79 Å². The number of fused-ring (bicyclic) bond motifs is 5. The predicted molar refractivity (Wildman–Crippen MR) is 136 cm³/mol. The lowest BCUT2D eigenvalue weighted by atomic mass is 9.41. The van der Waals surface area contributed by atoms with Crippen LogP contribution in [0, 0.1) is 28.6 Å². The first-order valence-electron chi connectivity index (χ1n) is 14.6. The average Bonchev–Trinajstić information content (AvgIpc) is 3.46. The van der Waals surface area contributed by atoms with Crippen LogP contribution in [0.3, 0.4) is 0 Å². The predicted octanol–water partition coefficient (Wildman–Crippen LogP) is -0.279. The summed E-state index contributed by atoms with van der Waals surface area (Å²) >= 11 is 0. The fourth-order valence-corrected chi connectivity index (χ4v) is 9.74. The molecule has 6 aliphatic rings. The summed E-state index contributed by atoms with van der Waals surface area (Å²) in [5.74, 6) is -1.42. The highest BCUT2D eigenvalue weighted by Gasteiger charge is 2.74. The molecule has 0 aromatic carbocycles. The quantitative estimate of drug-likeness (QED) is 0.149. The summed E-state index contributed by atoms with van der Waals surface area (Å²) in [5, 5.41) is 66.7. The first-order chi connectivity index (χ1) is 18.8. The maximum atomic E-state index is 13.0. The Balaban J connectivity index is 1.25.